The van der Waals surface area contributed by atoms with E-state index in [9.17, 15) is 13.2 Å². The van der Waals surface area contributed by atoms with Crippen molar-refractivity contribution in [1.29, 1.82) is 0 Å². The van der Waals surface area contributed by atoms with Crippen LogP contribution in [-0.4, -0.2) is 59.6 Å². The molecule has 188 valence electrons. The first-order valence-corrected chi connectivity index (χ1v) is 13.7. The molecule has 0 atom stereocenters. The molecule has 1 aliphatic heterocycles. The number of aromatic nitrogens is 3. The molecule has 4 rings (SSSR count). The SMILES string of the molecule is CCN(CC)S(=O)(=O)c1ccc(N2CCCCC2)c(NC(=O)c2cnc3c(cnn3C(C)C)c2)c1. The topological polar surface area (TPSA) is 100 Å². The van der Waals surface area contributed by atoms with Gasteiger partial charge in [0.25, 0.3) is 5.91 Å². The molecule has 1 aromatic carbocycles. The van der Waals surface area contributed by atoms with Crippen molar-refractivity contribution < 1.29 is 13.2 Å². The zero-order valence-corrected chi connectivity index (χ0v) is 21.7. The van der Waals surface area contributed by atoms with Gasteiger partial charge in [0, 0.05) is 43.8 Å². The maximum Gasteiger partial charge on any atom is 0.257 e. The third-order valence-electron chi connectivity index (χ3n) is 6.44. The van der Waals surface area contributed by atoms with Gasteiger partial charge in [0.15, 0.2) is 5.65 Å². The zero-order chi connectivity index (χ0) is 25.2. The fourth-order valence-corrected chi connectivity index (χ4v) is 6.02. The highest BCUT2D eigenvalue weighted by Gasteiger charge is 2.25. The Kier molecular flexibility index (Phi) is 7.42. The van der Waals surface area contributed by atoms with Crippen molar-refractivity contribution in [2.45, 2.75) is 57.9 Å². The van der Waals surface area contributed by atoms with E-state index < -0.39 is 10.0 Å². The predicted octanol–water partition coefficient (Wildman–Crippen LogP) is 4.29. The molecule has 0 spiro atoms. The summed E-state index contributed by atoms with van der Waals surface area (Å²) in [6.07, 6.45) is 6.54. The molecule has 1 N–H and O–H groups in total. The lowest BCUT2D eigenvalue weighted by atomic mass is 10.1. The molecule has 0 saturated carbocycles. The van der Waals surface area contributed by atoms with E-state index in [1.807, 2.05) is 38.4 Å². The summed E-state index contributed by atoms with van der Waals surface area (Å²) in [6, 6.07) is 6.95. The average molecular weight is 499 g/mol. The number of anilines is 2. The molecule has 0 bridgehead atoms. The van der Waals surface area contributed by atoms with E-state index in [2.05, 4.69) is 20.3 Å². The molecule has 1 fully saturated rings. The van der Waals surface area contributed by atoms with Gasteiger partial charge in [-0.2, -0.15) is 9.40 Å². The smallest absolute Gasteiger partial charge is 0.257 e. The Morgan fingerprint density at radius 2 is 1.80 bits per heavy atom. The first-order valence-electron chi connectivity index (χ1n) is 12.3. The van der Waals surface area contributed by atoms with Gasteiger partial charge in [-0.3, -0.25) is 4.79 Å². The van der Waals surface area contributed by atoms with E-state index in [-0.39, 0.29) is 16.8 Å². The normalized spacial score (nSPS) is 14.7. The third-order valence-corrected chi connectivity index (χ3v) is 8.49. The summed E-state index contributed by atoms with van der Waals surface area (Å²) in [5.74, 6) is -0.340. The molecule has 1 amide bonds. The van der Waals surface area contributed by atoms with Crippen molar-refractivity contribution >= 4 is 38.3 Å². The van der Waals surface area contributed by atoms with Gasteiger partial charge < -0.3 is 10.2 Å². The van der Waals surface area contributed by atoms with Gasteiger partial charge in [0.05, 0.1) is 28.0 Å². The van der Waals surface area contributed by atoms with Crippen molar-refractivity contribution in [3.05, 3.63) is 42.2 Å². The van der Waals surface area contributed by atoms with Crippen LogP contribution in [0.2, 0.25) is 0 Å². The Bertz CT molecular complexity index is 1310. The minimum Gasteiger partial charge on any atom is -0.370 e. The van der Waals surface area contributed by atoms with Gasteiger partial charge in [0.2, 0.25) is 10.0 Å². The van der Waals surface area contributed by atoms with Crippen LogP contribution < -0.4 is 10.2 Å². The monoisotopic (exact) mass is 498 g/mol. The van der Waals surface area contributed by atoms with E-state index >= 15 is 0 Å². The lowest BCUT2D eigenvalue weighted by molar-refractivity contribution is 0.102. The van der Waals surface area contributed by atoms with Crippen molar-refractivity contribution in [1.82, 2.24) is 19.1 Å². The molecule has 3 heterocycles. The third kappa shape index (κ3) is 5.04. The summed E-state index contributed by atoms with van der Waals surface area (Å²) >= 11 is 0. The summed E-state index contributed by atoms with van der Waals surface area (Å²) in [7, 11) is -3.67. The van der Waals surface area contributed by atoms with E-state index in [0.29, 0.717) is 24.3 Å². The van der Waals surface area contributed by atoms with E-state index in [0.717, 1.165) is 42.7 Å². The van der Waals surface area contributed by atoms with Gasteiger partial charge in [-0.05, 0) is 57.4 Å². The molecular formula is C25H34N6O3S. The molecule has 35 heavy (non-hydrogen) atoms. The van der Waals surface area contributed by atoms with Gasteiger partial charge >= 0.3 is 0 Å². The number of pyridine rings is 1. The van der Waals surface area contributed by atoms with E-state index in [1.54, 1.807) is 24.4 Å². The fourth-order valence-electron chi connectivity index (χ4n) is 4.54. The van der Waals surface area contributed by atoms with Crippen LogP contribution >= 0.6 is 0 Å². The minimum absolute atomic E-state index is 0.155. The first-order chi connectivity index (χ1) is 16.8. The number of rotatable bonds is 8. The number of amides is 1. The van der Waals surface area contributed by atoms with Crippen LogP contribution in [0.15, 0.2) is 41.6 Å². The number of nitrogens with zero attached hydrogens (tertiary/aromatic N) is 5. The Morgan fingerprint density at radius 3 is 2.46 bits per heavy atom. The first kappa shape index (κ1) is 25.1. The maximum absolute atomic E-state index is 13.3. The van der Waals surface area contributed by atoms with E-state index in [4.69, 9.17) is 0 Å². The molecule has 0 aliphatic carbocycles. The highest BCUT2D eigenvalue weighted by atomic mass is 32.2. The number of carbonyl (C=O) groups excluding carboxylic acids is 1. The number of hydrogen-bond donors (Lipinski definition) is 1. The molecule has 0 radical (unpaired) electrons. The van der Waals surface area contributed by atoms with Crippen molar-refractivity contribution in [2.24, 2.45) is 0 Å². The molecular weight excluding hydrogens is 464 g/mol. The Labute approximate surface area is 207 Å². The molecule has 1 aliphatic rings. The van der Waals surface area contributed by atoms with Crippen LogP contribution in [0.4, 0.5) is 11.4 Å². The molecule has 2 aromatic heterocycles. The van der Waals surface area contributed by atoms with Gasteiger partial charge in [-0.15, -0.1) is 0 Å². The van der Waals surface area contributed by atoms with Crippen LogP contribution in [0.1, 0.15) is 63.4 Å². The predicted molar refractivity (Wildman–Crippen MR) is 138 cm³/mol. The number of piperidine rings is 1. The van der Waals surface area contributed by atoms with Crippen LogP contribution in [0.5, 0.6) is 0 Å². The van der Waals surface area contributed by atoms with Crippen LogP contribution in [-0.2, 0) is 10.0 Å². The lowest BCUT2D eigenvalue weighted by Crippen LogP contribution is -2.32. The van der Waals surface area contributed by atoms with Crippen LogP contribution in [0.3, 0.4) is 0 Å². The largest absolute Gasteiger partial charge is 0.370 e. The summed E-state index contributed by atoms with van der Waals surface area (Å²) in [5.41, 5.74) is 2.43. The molecule has 3 aromatic rings. The van der Waals surface area contributed by atoms with Crippen molar-refractivity contribution in [3.8, 4) is 0 Å². The van der Waals surface area contributed by atoms with Crippen LogP contribution in [0.25, 0.3) is 11.0 Å². The lowest BCUT2D eigenvalue weighted by Gasteiger charge is -2.31. The second kappa shape index (κ2) is 10.3. The summed E-state index contributed by atoms with van der Waals surface area (Å²) < 4.78 is 29.6. The average Bonchev–Trinajstić information content (AvgIpc) is 3.29. The van der Waals surface area contributed by atoms with Crippen LogP contribution in [0, 0.1) is 0 Å². The molecule has 10 heteroatoms. The van der Waals surface area contributed by atoms with E-state index in [1.165, 1.54) is 16.9 Å². The fraction of sp³-hybridized carbons (Fsp3) is 0.480. The van der Waals surface area contributed by atoms with Gasteiger partial charge in [-0.25, -0.2) is 18.1 Å². The Morgan fingerprint density at radius 1 is 1.09 bits per heavy atom. The maximum atomic E-state index is 13.3. The van der Waals surface area contributed by atoms with Crippen molar-refractivity contribution in [3.63, 3.8) is 0 Å². The molecule has 1 saturated heterocycles. The number of carbonyl (C=O) groups is 1. The minimum atomic E-state index is -3.67. The number of fused-ring (bicyclic) bond motifs is 1. The zero-order valence-electron chi connectivity index (χ0n) is 20.9. The highest BCUT2D eigenvalue weighted by molar-refractivity contribution is 7.89. The number of sulfonamides is 1. The van der Waals surface area contributed by atoms with Crippen molar-refractivity contribution in [2.75, 3.05) is 36.4 Å². The number of hydrogen-bond acceptors (Lipinski definition) is 6. The highest BCUT2D eigenvalue weighted by Crippen LogP contribution is 2.32. The summed E-state index contributed by atoms with van der Waals surface area (Å²) in [6.45, 7) is 10.2. The number of benzene rings is 1. The quantitative estimate of drug-likeness (QED) is 0.497. The molecule has 9 nitrogen and oxygen atoms in total. The summed E-state index contributed by atoms with van der Waals surface area (Å²) in [4.78, 5) is 20.1. The second-order valence-electron chi connectivity index (χ2n) is 9.09. The second-order valence-corrected chi connectivity index (χ2v) is 11.0. The Balaban J connectivity index is 1.70. The van der Waals surface area contributed by atoms with Gasteiger partial charge in [0.1, 0.15) is 0 Å². The Hall–Kier alpha value is -2.98. The standard InChI is InChI=1S/C25H34N6O3S/c1-5-30(6-2)35(33,34)21-10-11-23(29-12-8-7-9-13-29)22(15-21)28-25(32)20-14-19-17-27-31(18(3)4)24(19)26-16-20/h10-11,14-18H,5-9,12-13H2,1-4H3,(H,28,32). The number of nitrogens with one attached hydrogen (secondary N) is 1. The molecule has 0 unspecified atom stereocenters. The van der Waals surface area contributed by atoms with Gasteiger partial charge in [-0.1, -0.05) is 13.8 Å². The summed E-state index contributed by atoms with van der Waals surface area (Å²) in [5, 5.41) is 8.12.